The van der Waals surface area contributed by atoms with Crippen LogP contribution in [0, 0.1) is 10.1 Å². The zero-order chi connectivity index (χ0) is 22.4. The van der Waals surface area contributed by atoms with Crippen molar-refractivity contribution in [3.8, 4) is 0 Å². The molecule has 0 radical (unpaired) electrons. The number of carbonyl (C=O) groups excluding carboxylic acids is 2. The number of hydrogen-bond donors (Lipinski definition) is 1. The molecule has 11 nitrogen and oxygen atoms in total. The maximum Gasteiger partial charge on any atom is 0.331 e. The molecule has 0 fully saturated rings. The highest BCUT2D eigenvalue weighted by Gasteiger charge is 2.22. The van der Waals surface area contributed by atoms with Gasteiger partial charge in [0, 0.05) is 18.2 Å². The molecule has 3 rings (SSSR count). The molecule has 0 aliphatic rings. The van der Waals surface area contributed by atoms with E-state index in [9.17, 15) is 28.1 Å². The summed E-state index contributed by atoms with van der Waals surface area (Å²) < 4.78 is 34.8. The van der Waals surface area contributed by atoms with E-state index in [0.29, 0.717) is 17.1 Å². The van der Waals surface area contributed by atoms with Gasteiger partial charge >= 0.3 is 5.97 Å². The Labute approximate surface area is 179 Å². The van der Waals surface area contributed by atoms with E-state index < -0.39 is 33.2 Å². The van der Waals surface area contributed by atoms with Crippen molar-refractivity contribution in [3.63, 3.8) is 0 Å². The Morgan fingerprint density at radius 3 is 2.65 bits per heavy atom. The van der Waals surface area contributed by atoms with Crippen molar-refractivity contribution in [1.29, 1.82) is 0 Å². The van der Waals surface area contributed by atoms with Crippen molar-refractivity contribution in [3.05, 3.63) is 70.8 Å². The molecule has 0 saturated carbocycles. The maximum absolute atomic E-state index is 12.6. The van der Waals surface area contributed by atoms with Crippen LogP contribution in [0.3, 0.4) is 0 Å². The quantitative estimate of drug-likeness (QED) is 0.229. The van der Waals surface area contributed by atoms with Crippen LogP contribution in [-0.4, -0.2) is 36.8 Å². The number of aromatic nitrogens is 1. The normalized spacial score (nSPS) is 11.4. The van der Waals surface area contributed by atoms with Gasteiger partial charge in [0.1, 0.15) is 9.97 Å². The molecular formula is C18H13N3O8S2. The molecule has 0 unspecified atom stereocenters. The molecule has 1 aromatic carbocycles. The zero-order valence-electron chi connectivity index (χ0n) is 15.5. The molecule has 3 aromatic rings. The molecule has 0 aliphatic carbocycles. The molecule has 160 valence electrons. The molecule has 2 heterocycles. The van der Waals surface area contributed by atoms with Crippen molar-refractivity contribution in [2.45, 2.75) is 9.10 Å². The fourth-order valence-corrected chi connectivity index (χ4v) is 4.63. The highest BCUT2D eigenvalue weighted by Crippen LogP contribution is 2.29. The van der Waals surface area contributed by atoms with Crippen LogP contribution in [0.15, 0.2) is 68.5 Å². The number of thiazole rings is 1. The Morgan fingerprint density at radius 1 is 1.26 bits per heavy atom. The SMILES string of the molecule is O=C(COC(=O)/C=C/c1ccco1)Nc1ncc(S(=O)(=O)c2ccc([N+](=O)[O-])cc2)s1. The number of benzene rings is 1. The van der Waals surface area contributed by atoms with E-state index in [1.807, 2.05) is 0 Å². The topological polar surface area (TPSA) is 159 Å². The summed E-state index contributed by atoms with van der Waals surface area (Å²) in [7, 11) is -3.97. The van der Waals surface area contributed by atoms with Crippen molar-refractivity contribution < 1.29 is 32.1 Å². The standard InChI is InChI=1S/C18H13N3O8S2/c22-15(11-29-16(23)8-5-13-2-1-9-28-13)20-18-19-10-17(30-18)31(26,27)14-6-3-12(4-7-14)21(24)25/h1-10H,11H2,(H,19,20,22)/b8-5+. The number of ether oxygens (including phenoxy) is 1. The highest BCUT2D eigenvalue weighted by atomic mass is 32.2. The van der Waals surface area contributed by atoms with E-state index in [2.05, 4.69) is 10.3 Å². The molecule has 0 bridgehead atoms. The third kappa shape index (κ3) is 5.61. The van der Waals surface area contributed by atoms with E-state index in [4.69, 9.17) is 9.15 Å². The van der Waals surface area contributed by atoms with Crippen LogP contribution in [0.1, 0.15) is 5.76 Å². The van der Waals surface area contributed by atoms with Gasteiger partial charge in [-0.05, 0) is 30.3 Å². The first-order valence-corrected chi connectivity index (χ1v) is 10.7. The summed E-state index contributed by atoms with van der Waals surface area (Å²) in [5.74, 6) is -1.05. The molecule has 31 heavy (non-hydrogen) atoms. The van der Waals surface area contributed by atoms with Gasteiger partial charge in [-0.3, -0.25) is 20.2 Å². The fraction of sp³-hybridized carbons (Fsp3) is 0.0556. The van der Waals surface area contributed by atoms with Gasteiger partial charge in [0.15, 0.2) is 11.7 Å². The van der Waals surface area contributed by atoms with Gasteiger partial charge in [0.25, 0.3) is 11.6 Å². The summed E-state index contributed by atoms with van der Waals surface area (Å²) >= 11 is 0.685. The molecule has 0 atom stereocenters. The number of rotatable bonds is 8. The van der Waals surface area contributed by atoms with Crippen molar-refractivity contribution in [2.75, 3.05) is 11.9 Å². The minimum atomic E-state index is -3.97. The summed E-state index contributed by atoms with van der Waals surface area (Å²) in [6, 6.07) is 7.64. The number of amides is 1. The second-order valence-corrected chi connectivity index (χ2v) is 8.95. The lowest BCUT2D eigenvalue weighted by Gasteiger charge is -2.02. The first kappa shape index (κ1) is 21.9. The van der Waals surface area contributed by atoms with Gasteiger partial charge in [0.2, 0.25) is 9.84 Å². The van der Waals surface area contributed by atoms with Gasteiger partial charge in [-0.2, -0.15) is 0 Å². The number of nitrogens with one attached hydrogen (secondary N) is 1. The molecule has 13 heteroatoms. The Kier molecular flexibility index (Phi) is 6.57. The van der Waals surface area contributed by atoms with Gasteiger partial charge in [-0.25, -0.2) is 18.2 Å². The Hall–Kier alpha value is -3.84. The lowest BCUT2D eigenvalue weighted by Crippen LogP contribution is -2.19. The second-order valence-electron chi connectivity index (χ2n) is 5.74. The van der Waals surface area contributed by atoms with Crippen LogP contribution in [0.25, 0.3) is 6.08 Å². The summed E-state index contributed by atoms with van der Waals surface area (Å²) in [5, 5.41) is 13.0. The second kappa shape index (κ2) is 9.32. The Balaban J connectivity index is 1.58. The number of anilines is 1. The van der Waals surface area contributed by atoms with Gasteiger partial charge in [0.05, 0.1) is 22.3 Å². The van der Waals surface area contributed by atoms with Crippen LogP contribution in [0.5, 0.6) is 0 Å². The number of furan rings is 1. The molecule has 1 amide bonds. The number of non-ortho nitro benzene ring substituents is 1. The molecule has 0 aliphatic heterocycles. The lowest BCUT2D eigenvalue weighted by molar-refractivity contribution is -0.384. The van der Waals surface area contributed by atoms with Crippen molar-refractivity contribution in [2.24, 2.45) is 0 Å². The number of hydrogen-bond acceptors (Lipinski definition) is 10. The Morgan fingerprint density at radius 2 is 2.00 bits per heavy atom. The van der Waals surface area contributed by atoms with E-state index in [1.165, 1.54) is 12.3 Å². The summed E-state index contributed by atoms with van der Waals surface area (Å²) in [6.07, 6.45) is 4.94. The minimum Gasteiger partial charge on any atom is -0.465 e. The predicted octanol–water partition coefficient (Wildman–Crippen LogP) is 2.67. The molecule has 1 N–H and O–H groups in total. The fourth-order valence-electron chi connectivity index (χ4n) is 2.18. The van der Waals surface area contributed by atoms with Crippen LogP contribution >= 0.6 is 11.3 Å². The molecule has 2 aromatic heterocycles. The molecule has 0 spiro atoms. The maximum atomic E-state index is 12.6. The first-order chi connectivity index (χ1) is 14.8. The lowest BCUT2D eigenvalue weighted by atomic mass is 10.3. The average molecular weight is 463 g/mol. The highest BCUT2D eigenvalue weighted by molar-refractivity contribution is 7.93. The molecule has 0 saturated heterocycles. The molecular weight excluding hydrogens is 450 g/mol. The van der Waals surface area contributed by atoms with Crippen molar-refractivity contribution >= 4 is 49.9 Å². The number of nitro groups is 1. The van der Waals surface area contributed by atoms with E-state index in [1.54, 1.807) is 12.1 Å². The third-order valence-corrected chi connectivity index (χ3v) is 6.77. The summed E-state index contributed by atoms with van der Waals surface area (Å²) in [5.41, 5.74) is -0.246. The number of esters is 1. The van der Waals surface area contributed by atoms with E-state index in [-0.39, 0.29) is 19.9 Å². The first-order valence-electron chi connectivity index (χ1n) is 8.39. The number of carbonyl (C=O) groups is 2. The van der Waals surface area contributed by atoms with Crippen LogP contribution < -0.4 is 5.32 Å². The largest absolute Gasteiger partial charge is 0.465 e. The summed E-state index contributed by atoms with van der Waals surface area (Å²) in [6.45, 7) is -0.606. The van der Waals surface area contributed by atoms with Crippen LogP contribution in [-0.2, 0) is 24.2 Å². The van der Waals surface area contributed by atoms with Crippen LogP contribution in [0.2, 0.25) is 0 Å². The van der Waals surface area contributed by atoms with E-state index in [0.717, 1.165) is 36.5 Å². The smallest absolute Gasteiger partial charge is 0.331 e. The monoisotopic (exact) mass is 463 g/mol. The van der Waals surface area contributed by atoms with Gasteiger partial charge < -0.3 is 9.15 Å². The number of nitro benzene ring substituents is 1. The van der Waals surface area contributed by atoms with Crippen LogP contribution in [0.4, 0.5) is 10.8 Å². The van der Waals surface area contributed by atoms with Gasteiger partial charge in [-0.1, -0.05) is 11.3 Å². The average Bonchev–Trinajstić information content (AvgIpc) is 3.43. The third-order valence-electron chi connectivity index (χ3n) is 3.63. The minimum absolute atomic E-state index is 0.0207. The number of nitrogens with zero attached hydrogens (tertiary/aromatic N) is 2. The zero-order valence-corrected chi connectivity index (χ0v) is 17.1. The van der Waals surface area contributed by atoms with Crippen molar-refractivity contribution in [1.82, 2.24) is 4.98 Å². The summed E-state index contributed by atoms with van der Waals surface area (Å²) in [4.78, 5) is 37.2. The number of sulfone groups is 1. The Bertz CT molecular complexity index is 1230. The van der Waals surface area contributed by atoms with E-state index >= 15 is 0 Å². The predicted molar refractivity (Wildman–Crippen MR) is 108 cm³/mol. The van der Waals surface area contributed by atoms with Gasteiger partial charge in [-0.15, -0.1) is 0 Å².